The molecular formula is C18H18N2O4. The number of hydrogen-bond acceptors (Lipinski definition) is 5. The number of nitrogens with one attached hydrogen (secondary N) is 1. The molecule has 3 heterocycles. The Bertz CT molecular complexity index is 756. The van der Waals surface area contributed by atoms with Crippen molar-refractivity contribution in [1.29, 1.82) is 0 Å². The van der Waals surface area contributed by atoms with Crippen molar-refractivity contribution in [2.75, 3.05) is 25.1 Å². The van der Waals surface area contributed by atoms with Gasteiger partial charge >= 0.3 is 0 Å². The zero-order valence-electron chi connectivity index (χ0n) is 13.2. The van der Waals surface area contributed by atoms with Crippen molar-refractivity contribution < 1.29 is 19.0 Å². The van der Waals surface area contributed by atoms with E-state index in [1.165, 1.54) is 0 Å². The van der Waals surface area contributed by atoms with Crippen LogP contribution in [0.1, 0.15) is 12.8 Å². The quantitative estimate of drug-likeness (QED) is 0.939. The van der Waals surface area contributed by atoms with Crippen molar-refractivity contribution in [3.63, 3.8) is 0 Å². The van der Waals surface area contributed by atoms with E-state index in [1.807, 2.05) is 30.3 Å². The summed E-state index contributed by atoms with van der Waals surface area (Å²) in [6.07, 6.45) is 1.31. The summed E-state index contributed by atoms with van der Waals surface area (Å²) in [6, 6.07) is 11.2. The lowest BCUT2D eigenvalue weighted by Gasteiger charge is -2.18. The number of nitrogens with zero attached hydrogens (tertiary/aromatic N) is 1. The number of carbonyl (C=O) groups excluding carboxylic acids is 1. The maximum atomic E-state index is 12.1. The molecule has 0 unspecified atom stereocenters. The molecule has 6 nitrogen and oxygen atoms in total. The Balaban J connectivity index is 1.55. The molecule has 0 bridgehead atoms. The van der Waals surface area contributed by atoms with Gasteiger partial charge in [0.1, 0.15) is 25.1 Å². The van der Waals surface area contributed by atoms with Crippen molar-refractivity contribution in [1.82, 2.24) is 4.98 Å². The molecule has 1 N–H and O–H groups in total. The SMILES string of the molecule is O=C(Nc1cccc(-c2ccc3c(c2)OCCO3)n1)[C@@H]1CCCO1. The van der Waals surface area contributed by atoms with Gasteiger partial charge < -0.3 is 19.5 Å². The largest absolute Gasteiger partial charge is 0.486 e. The highest BCUT2D eigenvalue weighted by Crippen LogP contribution is 2.34. The monoisotopic (exact) mass is 326 g/mol. The predicted octanol–water partition coefficient (Wildman–Crippen LogP) is 2.64. The van der Waals surface area contributed by atoms with E-state index in [2.05, 4.69) is 10.3 Å². The normalized spacial score (nSPS) is 19.1. The smallest absolute Gasteiger partial charge is 0.254 e. The minimum atomic E-state index is -0.371. The van der Waals surface area contributed by atoms with E-state index in [9.17, 15) is 4.79 Å². The molecule has 1 saturated heterocycles. The molecule has 1 amide bonds. The molecule has 1 aromatic carbocycles. The molecule has 4 rings (SSSR count). The molecule has 1 fully saturated rings. The predicted molar refractivity (Wildman–Crippen MR) is 88.3 cm³/mol. The van der Waals surface area contributed by atoms with Crippen LogP contribution in [-0.2, 0) is 9.53 Å². The molecule has 2 aliphatic rings. The molecule has 1 aromatic heterocycles. The summed E-state index contributed by atoms with van der Waals surface area (Å²) in [6.45, 7) is 1.75. The van der Waals surface area contributed by atoms with E-state index in [4.69, 9.17) is 14.2 Å². The van der Waals surface area contributed by atoms with Crippen molar-refractivity contribution in [2.45, 2.75) is 18.9 Å². The molecule has 2 aromatic rings. The molecule has 2 aliphatic heterocycles. The second kappa shape index (κ2) is 6.49. The van der Waals surface area contributed by atoms with E-state index < -0.39 is 0 Å². The lowest BCUT2D eigenvalue weighted by atomic mass is 10.1. The van der Waals surface area contributed by atoms with Gasteiger partial charge in [0.15, 0.2) is 11.5 Å². The van der Waals surface area contributed by atoms with Crippen LogP contribution >= 0.6 is 0 Å². The highest BCUT2D eigenvalue weighted by atomic mass is 16.6. The Hall–Kier alpha value is -2.60. The van der Waals surface area contributed by atoms with Crippen LogP contribution in [0.3, 0.4) is 0 Å². The van der Waals surface area contributed by atoms with Crippen molar-refractivity contribution in [3.8, 4) is 22.8 Å². The third kappa shape index (κ3) is 3.05. The van der Waals surface area contributed by atoms with E-state index in [1.54, 1.807) is 6.07 Å². The van der Waals surface area contributed by atoms with E-state index in [0.717, 1.165) is 29.8 Å². The van der Waals surface area contributed by atoms with Gasteiger partial charge in [-0.15, -0.1) is 0 Å². The van der Waals surface area contributed by atoms with Crippen molar-refractivity contribution in [2.24, 2.45) is 0 Å². The first-order valence-corrected chi connectivity index (χ1v) is 8.09. The lowest BCUT2D eigenvalue weighted by Crippen LogP contribution is -2.27. The molecule has 0 radical (unpaired) electrons. The number of ether oxygens (including phenoxy) is 3. The number of anilines is 1. The maximum absolute atomic E-state index is 12.1. The summed E-state index contributed by atoms with van der Waals surface area (Å²) in [5.41, 5.74) is 1.67. The number of pyridine rings is 1. The average Bonchev–Trinajstić information content (AvgIpc) is 3.16. The summed E-state index contributed by atoms with van der Waals surface area (Å²) >= 11 is 0. The third-order valence-corrected chi connectivity index (χ3v) is 4.06. The Morgan fingerprint density at radius 3 is 2.79 bits per heavy atom. The van der Waals surface area contributed by atoms with Gasteiger partial charge in [0, 0.05) is 12.2 Å². The van der Waals surface area contributed by atoms with Crippen LogP contribution in [0, 0.1) is 0 Å². The highest BCUT2D eigenvalue weighted by Gasteiger charge is 2.23. The zero-order chi connectivity index (χ0) is 16.4. The van der Waals surface area contributed by atoms with E-state index in [-0.39, 0.29) is 12.0 Å². The number of carbonyl (C=O) groups is 1. The number of benzene rings is 1. The fraction of sp³-hybridized carbons (Fsp3) is 0.333. The highest BCUT2D eigenvalue weighted by molar-refractivity contribution is 5.93. The second-order valence-electron chi connectivity index (χ2n) is 5.76. The fourth-order valence-corrected chi connectivity index (χ4v) is 2.86. The first-order chi connectivity index (χ1) is 11.8. The molecule has 0 saturated carbocycles. The summed E-state index contributed by atoms with van der Waals surface area (Å²) in [7, 11) is 0. The van der Waals surface area contributed by atoms with Crippen LogP contribution in [0.25, 0.3) is 11.3 Å². The van der Waals surface area contributed by atoms with Crippen LogP contribution in [-0.4, -0.2) is 36.8 Å². The molecule has 24 heavy (non-hydrogen) atoms. The number of rotatable bonds is 3. The van der Waals surface area contributed by atoms with Gasteiger partial charge in [0.05, 0.1) is 5.69 Å². The van der Waals surface area contributed by atoms with Gasteiger partial charge in [0.25, 0.3) is 5.91 Å². The van der Waals surface area contributed by atoms with Crippen LogP contribution in [0.4, 0.5) is 5.82 Å². The molecular weight excluding hydrogens is 308 g/mol. The third-order valence-electron chi connectivity index (χ3n) is 4.06. The van der Waals surface area contributed by atoms with Crippen molar-refractivity contribution in [3.05, 3.63) is 36.4 Å². The summed E-state index contributed by atoms with van der Waals surface area (Å²) in [4.78, 5) is 16.7. The van der Waals surface area contributed by atoms with Gasteiger partial charge in [0.2, 0.25) is 0 Å². The van der Waals surface area contributed by atoms with Gasteiger partial charge in [-0.25, -0.2) is 4.98 Å². The molecule has 124 valence electrons. The number of amides is 1. The Kier molecular flexibility index (Phi) is 4.04. The Labute approximate surface area is 139 Å². The molecule has 1 atom stereocenters. The zero-order valence-corrected chi connectivity index (χ0v) is 13.2. The van der Waals surface area contributed by atoms with E-state index >= 15 is 0 Å². The number of aromatic nitrogens is 1. The summed E-state index contributed by atoms with van der Waals surface area (Å²) in [5, 5.41) is 2.83. The standard InChI is InChI=1S/C18H18N2O4/c21-18(15-4-2-8-22-15)20-17-5-1-3-13(19-17)12-6-7-14-16(11-12)24-10-9-23-14/h1,3,5-7,11,15H,2,4,8-10H2,(H,19,20,21)/t15-/m0/s1. The minimum absolute atomic E-state index is 0.140. The van der Waals surface area contributed by atoms with Crippen LogP contribution in [0.5, 0.6) is 11.5 Å². The minimum Gasteiger partial charge on any atom is -0.486 e. The van der Waals surface area contributed by atoms with Crippen LogP contribution in [0.2, 0.25) is 0 Å². The number of hydrogen-bond donors (Lipinski definition) is 1. The topological polar surface area (TPSA) is 69.7 Å². The Morgan fingerprint density at radius 1 is 1.08 bits per heavy atom. The summed E-state index contributed by atoms with van der Waals surface area (Å²) in [5.74, 6) is 1.84. The van der Waals surface area contributed by atoms with Crippen LogP contribution < -0.4 is 14.8 Å². The fourth-order valence-electron chi connectivity index (χ4n) is 2.86. The molecule has 6 heteroatoms. The number of fused-ring (bicyclic) bond motifs is 1. The summed E-state index contributed by atoms with van der Waals surface area (Å²) < 4.78 is 16.5. The Morgan fingerprint density at radius 2 is 1.96 bits per heavy atom. The molecule has 0 aliphatic carbocycles. The maximum Gasteiger partial charge on any atom is 0.254 e. The second-order valence-corrected chi connectivity index (χ2v) is 5.76. The van der Waals surface area contributed by atoms with Crippen LogP contribution in [0.15, 0.2) is 36.4 Å². The van der Waals surface area contributed by atoms with Gasteiger partial charge in [-0.2, -0.15) is 0 Å². The van der Waals surface area contributed by atoms with Gasteiger partial charge in [-0.1, -0.05) is 6.07 Å². The van der Waals surface area contributed by atoms with Gasteiger partial charge in [-0.05, 0) is 43.2 Å². The average molecular weight is 326 g/mol. The van der Waals surface area contributed by atoms with Crippen molar-refractivity contribution >= 4 is 11.7 Å². The first-order valence-electron chi connectivity index (χ1n) is 8.09. The lowest BCUT2D eigenvalue weighted by molar-refractivity contribution is -0.124. The van der Waals surface area contributed by atoms with Gasteiger partial charge in [-0.3, -0.25) is 4.79 Å². The molecule has 0 spiro atoms. The first kappa shape index (κ1) is 15.0. The van der Waals surface area contributed by atoms with E-state index in [0.29, 0.717) is 31.4 Å².